The average Bonchev–Trinajstić information content (AvgIpc) is 2.89. The molecule has 7 heteroatoms. The number of carbonyl (C=O) groups is 1. The van der Waals surface area contributed by atoms with Crippen molar-refractivity contribution in [1.29, 1.82) is 0 Å². The second-order valence-electron chi connectivity index (χ2n) is 5.24. The lowest BCUT2D eigenvalue weighted by molar-refractivity contribution is 0.0765. The Morgan fingerprint density at radius 3 is 2.86 bits per heavy atom. The van der Waals surface area contributed by atoms with E-state index in [-0.39, 0.29) is 18.3 Å². The molecule has 6 nitrogen and oxygen atoms in total. The Balaban J connectivity index is 0.00000176. The molecule has 3 rings (SSSR count). The van der Waals surface area contributed by atoms with E-state index in [4.69, 9.17) is 0 Å². The van der Waals surface area contributed by atoms with E-state index in [2.05, 4.69) is 15.4 Å². The van der Waals surface area contributed by atoms with Crippen LogP contribution in [0, 0.1) is 6.92 Å². The summed E-state index contributed by atoms with van der Waals surface area (Å²) in [6.45, 7) is 5.39. The van der Waals surface area contributed by atoms with Crippen molar-refractivity contribution in [1.82, 2.24) is 25.0 Å². The quantitative estimate of drug-likeness (QED) is 0.909. The highest BCUT2D eigenvalue weighted by Gasteiger charge is 2.18. The van der Waals surface area contributed by atoms with Gasteiger partial charge in [0, 0.05) is 25.2 Å². The minimum Gasteiger partial charge on any atom is -0.337 e. The number of aromatic nitrogens is 3. The Kier molecular flexibility index (Phi) is 5.51. The first-order valence-electron chi connectivity index (χ1n) is 7.21. The lowest BCUT2D eigenvalue weighted by Gasteiger charge is -2.21. The number of hydrogen-bond donors (Lipinski definition) is 1. The van der Waals surface area contributed by atoms with Gasteiger partial charge in [-0.3, -0.25) is 4.79 Å². The lowest BCUT2D eigenvalue weighted by Crippen LogP contribution is -2.34. The summed E-state index contributed by atoms with van der Waals surface area (Å²) in [4.78, 5) is 18.5. The van der Waals surface area contributed by atoms with Crippen LogP contribution in [0.3, 0.4) is 0 Å². The van der Waals surface area contributed by atoms with E-state index in [1.807, 2.05) is 30.0 Å². The van der Waals surface area contributed by atoms with Gasteiger partial charge in [0.15, 0.2) is 0 Å². The largest absolute Gasteiger partial charge is 0.337 e. The van der Waals surface area contributed by atoms with Gasteiger partial charge in [-0.15, -0.1) is 12.4 Å². The maximum Gasteiger partial charge on any atom is 0.254 e. The zero-order chi connectivity index (χ0) is 14.7. The van der Waals surface area contributed by atoms with E-state index in [1.54, 1.807) is 11.0 Å². The molecule has 1 aromatic carbocycles. The first-order valence-corrected chi connectivity index (χ1v) is 7.21. The number of rotatable bonds is 2. The molecular weight excluding hydrogens is 302 g/mol. The molecule has 0 spiro atoms. The number of amides is 1. The average molecular weight is 322 g/mol. The number of halogens is 1. The second kappa shape index (κ2) is 7.38. The Labute approximate surface area is 135 Å². The van der Waals surface area contributed by atoms with E-state index >= 15 is 0 Å². The van der Waals surface area contributed by atoms with Crippen molar-refractivity contribution in [3.8, 4) is 5.69 Å². The molecule has 0 bridgehead atoms. The van der Waals surface area contributed by atoms with E-state index in [1.165, 1.54) is 6.33 Å². The van der Waals surface area contributed by atoms with Gasteiger partial charge in [-0.2, -0.15) is 5.10 Å². The van der Waals surface area contributed by atoms with E-state index < -0.39 is 0 Å². The highest BCUT2D eigenvalue weighted by Crippen LogP contribution is 2.16. The van der Waals surface area contributed by atoms with Crippen LogP contribution in [-0.2, 0) is 0 Å². The van der Waals surface area contributed by atoms with Crippen molar-refractivity contribution in [2.24, 2.45) is 0 Å². The van der Waals surface area contributed by atoms with Gasteiger partial charge in [0.25, 0.3) is 5.91 Å². The van der Waals surface area contributed by atoms with Gasteiger partial charge in [-0.1, -0.05) is 0 Å². The molecule has 0 atom stereocenters. The van der Waals surface area contributed by atoms with Crippen LogP contribution in [0.4, 0.5) is 0 Å². The van der Waals surface area contributed by atoms with Crippen LogP contribution < -0.4 is 5.32 Å². The highest BCUT2D eigenvalue weighted by atomic mass is 35.5. The first kappa shape index (κ1) is 16.5. The van der Waals surface area contributed by atoms with Crippen LogP contribution in [0.25, 0.3) is 5.69 Å². The van der Waals surface area contributed by atoms with Gasteiger partial charge in [-0.05, 0) is 43.7 Å². The molecule has 0 aliphatic carbocycles. The fourth-order valence-electron chi connectivity index (χ4n) is 2.59. The SMILES string of the molecule is Cc1cc(-n2cncn2)ccc1C(=O)N1CCCNCC1.Cl. The Bertz CT molecular complexity index is 621. The summed E-state index contributed by atoms with van der Waals surface area (Å²) in [6.07, 6.45) is 4.15. The number of hydrogen-bond acceptors (Lipinski definition) is 4. The van der Waals surface area contributed by atoms with Crippen molar-refractivity contribution in [3.63, 3.8) is 0 Å². The van der Waals surface area contributed by atoms with Crippen molar-refractivity contribution in [2.45, 2.75) is 13.3 Å². The predicted molar refractivity (Wildman–Crippen MR) is 86.7 cm³/mol. The third kappa shape index (κ3) is 3.45. The molecule has 0 radical (unpaired) electrons. The zero-order valence-electron chi connectivity index (χ0n) is 12.5. The van der Waals surface area contributed by atoms with Gasteiger partial charge in [0.2, 0.25) is 0 Å². The van der Waals surface area contributed by atoms with Crippen molar-refractivity contribution >= 4 is 18.3 Å². The molecule has 1 amide bonds. The first-order chi connectivity index (χ1) is 10.3. The molecule has 1 aliphatic rings. The summed E-state index contributed by atoms with van der Waals surface area (Å²) in [5, 5.41) is 7.42. The van der Waals surface area contributed by atoms with Crippen LogP contribution in [0.2, 0.25) is 0 Å². The maximum atomic E-state index is 12.6. The Morgan fingerprint density at radius 1 is 1.27 bits per heavy atom. The smallest absolute Gasteiger partial charge is 0.254 e. The lowest BCUT2D eigenvalue weighted by atomic mass is 10.1. The second-order valence-corrected chi connectivity index (χ2v) is 5.24. The third-order valence-electron chi connectivity index (χ3n) is 3.75. The van der Waals surface area contributed by atoms with Crippen molar-refractivity contribution in [2.75, 3.05) is 26.2 Å². The summed E-state index contributed by atoms with van der Waals surface area (Å²) < 4.78 is 1.69. The molecule has 1 aliphatic heterocycles. The molecule has 22 heavy (non-hydrogen) atoms. The summed E-state index contributed by atoms with van der Waals surface area (Å²) in [6, 6.07) is 5.76. The third-order valence-corrected chi connectivity index (χ3v) is 3.75. The number of benzene rings is 1. The molecule has 1 aromatic heterocycles. The molecule has 2 aromatic rings. The molecule has 0 saturated carbocycles. The van der Waals surface area contributed by atoms with Gasteiger partial charge >= 0.3 is 0 Å². The number of nitrogens with zero attached hydrogens (tertiary/aromatic N) is 4. The fraction of sp³-hybridized carbons (Fsp3) is 0.400. The minimum absolute atomic E-state index is 0. The maximum absolute atomic E-state index is 12.6. The molecule has 0 unspecified atom stereocenters. The zero-order valence-corrected chi connectivity index (χ0v) is 13.3. The summed E-state index contributed by atoms with van der Waals surface area (Å²) in [5.74, 6) is 0.112. The van der Waals surface area contributed by atoms with Gasteiger partial charge in [-0.25, -0.2) is 9.67 Å². The fourth-order valence-corrected chi connectivity index (χ4v) is 2.59. The molecule has 1 saturated heterocycles. The molecule has 1 N–H and O–H groups in total. The Morgan fingerprint density at radius 2 is 2.14 bits per heavy atom. The van der Waals surface area contributed by atoms with Crippen molar-refractivity contribution in [3.05, 3.63) is 42.0 Å². The van der Waals surface area contributed by atoms with Crippen LogP contribution in [0.15, 0.2) is 30.9 Å². The molecule has 2 heterocycles. The summed E-state index contributed by atoms with van der Waals surface area (Å²) >= 11 is 0. The highest BCUT2D eigenvalue weighted by molar-refractivity contribution is 5.96. The molecule has 1 fully saturated rings. The summed E-state index contributed by atoms with van der Waals surface area (Å²) in [7, 11) is 0. The predicted octanol–water partition coefficient (Wildman–Crippen LogP) is 1.43. The number of carbonyl (C=O) groups excluding carboxylic acids is 1. The van der Waals surface area contributed by atoms with Crippen LogP contribution in [0.5, 0.6) is 0 Å². The van der Waals surface area contributed by atoms with Crippen LogP contribution in [0.1, 0.15) is 22.3 Å². The van der Waals surface area contributed by atoms with Gasteiger partial charge in [0.05, 0.1) is 5.69 Å². The topological polar surface area (TPSA) is 63.1 Å². The number of aryl methyl sites for hydroxylation is 1. The van der Waals surface area contributed by atoms with E-state index in [0.29, 0.717) is 0 Å². The molecular formula is C15H20ClN5O. The monoisotopic (exact) mass is 321 g/mol. The van der Waals surface area contributed by atoms with Gasteiger partial charge < -0.3 is 10.2 Å². The van der Waals surface area contributed by atoms with E-state index in [9.17, 15) is 4.79 Å². The summed E-state index contributed by atoms with van der Waals surface area (Å²) in [5.41, 5.74) is 2.64. The van der Waals surface area contributed by atoms with E-state index in [0.717, 1.165) is 49.4 Å². The minimum atomic E-state index is 0. The van der Waals surface area contributed by atoms with Crippen LogP contribution >= 0.6 is 12.4 Å². The molecule has 118 valence electrons. The number of nitrogens with one attached hydrogen (secondary N) is 1. The van der Waals surface area contributed by atoms with Crippen LogP contribution in [-0.4, -0.2) is 51.8 Å². The standard InChI is InChI=1S/C15H19N5O.ClH/c1-12-9-13(20-11-17-10-18-20)3-4-14(12)15(21)19-7-2-5-16-6-8-19;/h3-4,9-11,16H,2,5-8H2,1H3;1H. The normalized spacial score (nSPS) is 15.0. The Hall–Kier alpha value is -1.92. The van der Waals surface area contributed by atoms with Crippen molar-refractivity contribution < 1.29 is 4.79 Å². The van der Waals surface area contributed by atoms with Gasteiger partial charge in [0.1, 0.15) is 12.7 Å².